The first-order valence-electron chi connectivity index (χ1n) is 5.77. The zero-order valence-electron chi connectivity index (χ0n) is 10.9. The van der Waals surface area contributed by atoms with Crippen LogP contribution >= 0.6 is 0 Å². The monoisotopic (exact) mass is 260 g/mol. The lowest BCUT2D eigenvalue weighted by Crippen LogP contribution is -2.00. The number of methoxy groups -OCH3 is 2. The molecular weight excluding hydrogens is 244 g/mol. The second-order valence-corrected chi connectivity index (χ2v) is 3.92. The summed E-state index contributed by atoms with van der Waals surface area (Å²) in [6.07, 6.45) is 1.65. The molecule has 0 fully saturated rings. The van der Waals surface area contributed by atoms with Gasteiger partial charge in [0, 0.05) is 30.1 Å². The van der Waals surface area contributed by atoms with E-state index in [9.17, 15) is 0 Å². The fraction of sp³-hybridized carbons (Fsp3) is 0.214. The molecule has 1 heterocycles. The first-order chi connectivity index (χ1) is 9.21. The summed E-state index contributed by atoms with van der Waals surface area (Å²) in [4.78, 5) is 4.17. The number of pyridine rings is 1. The van der Waals surface area contributed by atoms with E-state index in [1.54, 1.807) is 50.7 Å². The molecule has 0 aliphatic rings. The smallest absolute Gasteiger partial charge is 0.130 e. The van der Waals surface area contributed by atoms with E-state index >= 15 is 0 Å². The fourth-order valence-electron chi connectivity index (χ4n) is 1.60. The maximum absolute atomic E-state index is 5.68. The number of hydrogen-bond acceptors (Lipinski definition) is 5. The van der Waals surface area contributed by atoms with Crippen molar-refractivity contribution in [3.63, 3.8) is 0 Å². The van der Waals surface area contributed by atoms with Crippen molar-refractivity contribution in [1.82, 2.24) is 4.98 Å². The van der Waals surface area contributed by atoms with Crippen LogP contribution in [0.4, 0.5) is 5.69 Å². The lowest BCUT2D eigenvalue weighted by atomic mass is 10.3. The van der Waals surface area contributed by atoms with Gasteiger partial charge in [-0.25, -0.2) is 0 Å². The lowest BCUT2D eigenvalue weighted by Gasteiger charge is -2.10. The van der Waals surface area contributed by atoms with Gasteiger partial charge >= 0.3 is 0 Å². The molecule has 2 rings (SSSR count). The molecule has 0 atom stereocenters. The van der Waals surface area contributed by atoms with E-state index in [0.29, 0.717) is 29.5 Å². The number of ether oxygens (including phenoxy) is 3. The molecule has 1 aromatic heterocycles. The fourth-order valence-corrected chi connectivity index (χ4v) is 1.60. The number of nitrogens with two attached hydrogens (primary N) is 1. The Morgan fingerprint density at radius 3 is 2.21 bits per heavy atom. The van der Waals surface area contributed by atoms with Crippen LogP contribution in [-0.2, 0) is 6.61 Å². The molecular formula is C14H16N2O3. The maximum Gasteiger partial charge on any atom is 0.130 e. The van der Waals surface area contributed by atoms with Crippen LogP contribution in [0.5, 0.6) is 17.2 Å². The van der Waals surface area contributed by atoms with Crippen molar-refractivity contribution in [1.29, 1.82) is 0 Å². The highest BCUT2D eigenvalue weighted by Crippen LogP contribution is 2.27. The van der Waals surface area contributed by atoms with Crippen molar-refractivity contribution in [2.24, 2.45) is 0 Å². The normalized spacial score (nSPS) is 10.0. The topological polar surface area (TPSA) is 66.6 Å². The van der Waals surface area contributed by atoms with Gasteiger partial charge in [0.05, 0.1) is 19.9 Å². The largest absolute Gasteiger partial charge is 0.496 e. The summed E-state index contributed by atoms with van der Waals surface area (Å²) in [6.45, 7) is 0.335. The molecule has 0 spiro atoms. The van der Waals surface area contributed by atoms with Gasteiger partial charge in [0.15, 0.2) is 0 Å². The van der Waals surface area contributed by atoms with Crippen LogP contribution in [0.15, 0.2) is 36.5 Å². The molecule has 0 amide bonds. The van der Waals surface area contributed by atoms with Crippen LogP contribution in [0.25, 0.3) is 0 Å². The molecule has 2 aromatic rings. The highest BCUT2D eigenvalue weighted by Gasteiger charge is 2.04. The molecule has 0 bridgehead atoms. The molecule has 0 aliphatic carbocycles. The molecule has 5 heteroatoms. The minimum absolute atomic E-state index is 0.335. The van der Waals surface area contributed by atoms with Crippen molar-refractivity contribution in [3.05, 3.63) is 42.2 Å². The number of hydrogen-bond donors (Lipinski definition) is 1. The molecule has 0 aliphatic heterocycles. The summed E-state index contributed by atoms with van der Waals surface area (Å²) in [7, 11) is 3.19. The molecule has 2 N–H and O–H groups in total. The second-order valence-electron chi connectivity index (χ2n) is 3.92. The Labute approximate surface area is 111 Å². The van der Waals surface area contributed by atoms with Crippen molar-refractivity contribution in [2.45, 2.75) is 6.61 Å². The predicted octanol–water partition coefficient (Wildman–Crippen LogP) is 2.26. The average molecular weight is 260 g/mol. The maximum atomic E-state index is 5.68. The van der Waals surface area contributed by atoms with Gasteiger partial charge in [-0.05, 0) is 12.1 Å². The summed E-state index contributed by atoms with van der Waals surface area (Å²) in [5, 5.41) is 0. The SMILES string of the molecule is COc1cc(OC)cc(OCc2cc(N)ccn2)c1. The molecule has 19 heavy (non-hydrogen) atoms. The third-order valence-corrected chi connectivity index (χ3v) is 2.55. The number of anilines is 1. The Morgan fingerprint density at radius 1 is 1.00 bits per heavy atom. The Balaban J connectivity index is 2.10. The van der Waals surface area contributed by atoms with Gasteiger partial charge in [-0.15, -0.1) is 0 Å². The summed E-state index contributed by atoms with van der Waals surface area (Å²) < 4.78 is 16.0. The van der Waals surface area contributed by atoms with E-state index in [4.69, 9.17) is 19.9 Å². The quantitative estimate of drug-likeness (QED) is 0.893. The first kappa shape index (κ1) is 13.0. The van der Waals surface area contributed by atoms with E-state index in [1.807, 2.05) is 0 Å². The molecule has 5 nitrogen and oxygen atoms in total. The highest BCUT2D eigenvalue weighted by molar-refractivity contribution is 5.42. The minimum atomic E-state index is 0.335. The van der Waals surface area contributed by atoms with E-state index in [-0.39, 0.29) is 0 Å². The number of aromatic nitrogens is 1. The zero-order chi connectivity index (χ0) is 13.7. The van der Waals surface area contributed by atoms with Gasteiger partial charge in [-0.3, -0.25) is 4.98 Å². The molecule has 0 unspecified atom stereocenters. The van der Waals surface area contributed by atoms with Crippen LogP contribution in [0.2, 0.25) is 0 Å². The number of benzene rings is 1. The summed E-state index contributed by atoms with van der Waals surface area (Å²) in [5.74, 6) is 2.00. The van der Waals surface area contributed by atoms with Crippen molar-refractivity contribution >= 4 is 5.69 Å². The van der Waals surface area contributed by atoms with Crippen LogP contribution in [0.1, 0.15) is 5.69 Å². The second kappa shape index (κ2) is 5.95. The first-order valence-corrected chi connectivity index (χ1v) is 5.77. The molecule has 0 saturated heterocycles. The van der Waals surface area contributed by atoms with E-state index < -0.39 is 0 Å². The van der Waals surface area contributed by atoms with Crippen LogP contribution in [-0.4, -0.2) is 19.2 Å². The Kier molecular flexibility index (Phi) is 4.07. The van der Waals surface area contributed by atoms with Crippen molar-refractivity contribution in [2.75, 3.05) is 20.0 Å². The van der Waals surface area contributed by atoms with Crippen LogP contribution in [0, 0.1) is 0 Å². The van der Waals surface area contributed by atoms with Gasteiger partial charge in [0.1, 0.15) is 23.9 Å². The Bertz CT molecular complexity index is 536. The predicted molar refractivity (Wildman–Crippen MR) is 72.5 cm³/mol. The van der Waals surface area contributed by atoms with Crippen LogP contribution < -0.4 is 19.9 Å². The third-order valence-electron chi connectivity index (χ3n) is 2.55. The summed E-state index contributed by atoms with van der Waals surface area (Å²) in [6, 6.07) is 8.87. The average Bonchev–Trinajstić information content (AvgIpc) is 2.44. The number of nitrogens with zero attached hydrogens (tertiary/aromatic N) is 1. The van der Waals surface area contributed by atoms with E-state index in [0.717, 1.165) is 5.69 Å². The van der Waals surface area contributed by atoms with Gasteiger partial charge in [0.2, 0.25) is 0 Å². The van der Waals surface area contributed by atoms with Gasteiger partial charge < -0.3 is 19.9 Å². The van der Waals surface area contributed by atoms with Crippen LogP contribution in [0.3, 0.4) is 0 Å². The third kappa shape index (κ3) is 3.51. The zero-order valence-corrected chi connectivity index (χ0v) is 10.9. The Hall–Kier alpha value is -2.43. The summed E-state index contributed by atoms with van der Waals surface area (Å²) in [5.41, 5.74) is 7.11. The van der Waals surface area contributed by atoms with Crippen molar-refractivity contribution in [3.8, 4) is 17.2 Å². The Morgan fingerprint density at radius 2 is 1.63 bits per heavy atom. The molecule has 0 radical (unpaired) electrons. The van der Waals surface area contributed by atoms with E-state index in [2.05, 4.69) is 4.98 Å². The standard InChI is InChI=1S/C14H16N2O3/c1-17-12-6-13(18-2)8-14(7-12)19-9-11-5-10(15)3-4-16-11/h3-8H,9H2,1-2H3,(H2,15,16). The molecule has 100 valence electrons. The number of nitrogen functional groups attached to an aromatic ring is 1. The molecule has 0 saturated carbocycles. The van der Waals surface area contributed by atoms with Crippen molar-refractivity contribution < 1.29 is 14.2 Å². The lowest BCUT2D eigenvalue weighted by molar-refractivity contribution is 0.296. The van der Waals surface area contributed by atoms with E-state index in [1.165, 1.54) is 0 Å². The van der Waals surface area contributed by atoms with Gasteiger partial charge in [-0.1, -0.05) is 0 Å². The van der Waals surface area contributed by atoms with Gasteiger partial charge in [0.25, 0.3) is 0 Å². The summed E-state index contributed by atoms with van der Waals surface area (Å²) >= 11 is 0. The van der Waals surface area contributed by atoms with Gasteiger partial charge in [-0.2, -0.15) is 0 Å². The number of rotatable bonds is 5. The highest BCUT2D eigenvalue weighted by atomic mass is 16.5. The minimum Gasteiger partial charge on any atom is -0.496 e. The molecule has 1 aromatic carbocycles.